The van der Waals surface area contributed by atoms with Crippen LogP contribution in [0.4, 0.5) is 0 Å². The van der Waals surface area contributed by atoms with E-state index in [0.717, 1.165) is 29.8 Å². The number of aryl methyl sites for hydroxylation is 2. The number of hydrogen-bond donors (Lipinski definition) is 2. The maximum absolute atomic E-state index is 12.0. The van der Waals surface area contributed by atoms with Crippen molar-refractivity contribution in [1.29, 1.82) is 0 Å². The Morgan fingerprint density at radius 3 is 2.95 bits per heavy atom. The Labute approximate surface area is 112 Å². The molecule has 0 saturated heterocycles. The third-order valence-corrected chi connectivity index (χ3v) is 2.96. The monoisotopic (exact) mass is 261 g/mol. The van der Waals surface area contributed by atoms with E-state index in [0.29, 0.717) is 12.1 Å². The average Bonchev–Trinajstić information content (AvgIpc) is 2.69. The van der Waals surface area contributed by atoms with Gasteiger partial charge in [0.05, 0.1) is 11.3 Å². The lowest BCUT2D eigenvalue weighted by Crippen LogP contribution is -2.31. The molecule has 0 aliphatic rings. The second-order valence-electron chi connectivity index (χ2n) is 4.41. The number of amides is 1. The van der Waals surface area contributed by atoms with Crippen LogP contribution in [0.1, 0.15) is 23.0 Å². The Hall–Kier alpha value is -1.95. The van der Waals surface area contributed by atoms with Crippen molar-refractivity contribution in [1.82, 2.24) is 25.4 Å². The van der Waals surface area contributed by atoms with Crippen molar-refractivity contribution in [3.8, 4) is 0 Å². The zero-order chi connectivity index (χ0) is 13.8. The van der Waals surface area contributed by atoms with E-state index < -0.39 is 0 Å². The van der Waals surface area contributed by atoms with Gasteiger partial charge >= 0.3 is 0 Å². The molecule has 0 atom stereocenters. The van der Waals surface area contributed by atoms with Gasteiger partial charge in [0.2, 0.25) is 0 Å². The highest BCUT2D eigenvalue weighted by Gasteiger charge is 2.11. The summed E-state index contributed by atoms with van der Waals surface area (Å²) in [7, 11) is 1.85. The average molecular weight is 261 g/mol. The summed E-state index contributed by atoms with van der Waals surface area (Å²) < 4.78 is 1.72. The number of nitrogens with zero attached hydrogens (tertiary/aromatic N) is 3. The molecule has 0 radical (unpaired) electrons. The maximum Gasteiger partial charge on any atom is 0.252 e. The van der Waals surface area contributed by atoms with Crippen LogP contribution in [0.5, 0.6) is 0 Å². The summed E-state index contributed by atoms with van der Waals surface area (Å²) in [6, 6.07) is 1.84. The molecule has 0 aliphatic carbocycles. The molecule has 2 rings (SSSR count). The molecule has 6 heteroatoms. The number of rotatable bonds is 5. The molecule has 102 valence electrons. The molecule has 0 bridgehead atoms. The van der Waals surface area contributed by atoms with Crippen LogP contribution in [-0.4, -0.2) is 40.3 Å². The molecule has 6 nitrogen and oxygen atoms in total. The molecule has 2 N–H and O–H groups in total. The SMILES string of the molecule is CCNCCNC(=O)c1cnc2c(c1)c(C)nn2C. The van der Waals surface area contributed by atoms with Gasteiger partial charge in [-0.15, -0.1) is 0 Å². The standard InChI is InChI=1S/C13H19N5O/c1-4-14-5-6-15-13(19)10-7-11-9(2)17-18(3)12(11)16-8-10/h7-8,14H,4-6H2,1-3H3,(H,15,19). The molecule has 19 heavy (non-hydrogen) atoms. The van der Waals surface area contributed by atoms with E-state index in [1.807, 2.05) is 27.0 Å². The van der Waals surface area contributed by atoms with Gasteiger partial charge in [-0.3, -0.25) is 9.48 Å². The van der Waals surface area contributed by atoms with Gasteiger partial charge in [-0.1, -0.05) is 6.92 Å². The van der Waals surface area contributed by atoms with Crippen LogP contribution < -0.4 is 10.6 Å². The van der Waals surface area contributed by atoms with Gasteiger partial charge in [-0.25, -0.2) is 4.98 Å². The summed E-state index contributed by atoms with van der Waals surface area (Å²) in [6.45, 7) is 6.22. The smallest absolute Gasteiger partial charge is 0.252 e. The van der Waals surface area contributed by atoms with Gasteiger partial charge in [0, 0.05) is 31.7 Å². The van der Waals surface area contributed by atoms with E-state index in [4.69, 9.17) is 0 Å². The first kappa shape index (κ1) is 13.5. The number of fused-ring (bicyclic) bond motifs is 1. The first-order valence-corrected chi connectivity index (χ1v) is 6.41. The van der Waals surface area contributed by atoms with Gasteiger partial charge < -0.3 is 10.6 Å². The van der Waals surface area contributed by atoms with Crippen molar-refractivity contribution in [2.45, 2.75) is 13.8 Å². The van der Waals surface area contributed by atoms with Gasteiger partial charge in [0.15, 0.2) is 5.65 Å². The third-order valence-electron chi connectivity index (χ3n) is 2.96. The Morgan fingerprint density at radius 2 is 2.21 bits per heavy atom. The molecule has 0 aromatic carbocycles. The first-order chi connectivity index (χ1) is 9.13. The Balaban J connectivity index is 2.12. The fourth-order valence-electron chi connectivity index (χ4n) is 1.98. The van der Waals surface area contributed by atoms with E-state index in [2.05, 4.69) is 20.7 Å². The molecular formula is C13H19N5O. The number of hydrogen-bond acceptors (Lipinski definition) is 4. The number of nitrogens with one attached hydrogen (secondary N) is 2. The van der Waals surface area contributed by atoms with Crippen LogP contribution in [-0.2, 0) is 7.05 Å². The molecule has 0 unspecified atom stereocenters. The number of likely N-dealkylation sites (N-methyl/N-ethyl adjacent to an activating group) is 1. The summed E-state index contributed by atoms with van der Waals surface area (Å²) >= 11 is 0. The Kier molecular flexibility index (Phi) is 4.11. The van der Waals surface area contributed by atoms with Gasteiger partial charge in [-0.2, -0.15) is 5.10 Å². The largest absolute Gasteiger partial charge is 0.351 e. The predicted molar refractivity (Wildman–Crippen MR) is 74.1 cm³/mol. The Bertz CT molecular complexity index is 590. The zero-order valence-corrected chi connectivity index (χ0v) is 11.5. The van der Waals surface area contributed by atoms with Crippen LogP contribution in [0.15, 0.2) is 12.3 Å². The maximum atomic E-state index is 12.0. The topological polar surface area (TPSA) is 71.8 Å². The molecule has 1 amide bonds. The lowest BCUT2D eigenvalue weighted by atomic mass is 10.2. The van der Waals surface area contributed by atoms with Crippen LogP contribution in [0.25, 0.3) is 11.0 Å². The highest BCUT2D eigenvalue weighted by atomic mass is 16.1. The van der Waals surface area contributed by atoms with E-state index in [-0.39, 0.29) is 5.91 Å². The van der Waals surface area contributed by atoms with Crippen LogP contribution in [0.2, 0.25) is 0 Å². The summed E-state index contributed by atoms with van der Waals surface area (Å²) in [6.07, 6.45) is 1.59. The number of carbonyl (C=O) groups excluding carboxylic acids is 1. The lowest BCUT2D eigenvalue weighted by molar-refractivity contribution is 0.0954. The van der Waals surface area contributed by atoms with Crippen molar-refractivity contribution in [2.24, 2.45) is 7.05 Å². The normalized spacial score (nSPS) is 10.9. The summed E-state index contributed by atoms with van der Waals surface area (Å²) in [5.41, 5.74) is 2.24. The molecule has 0 aliphatic heterocycles. The van der Waals surface area contributed by atoms with Crippen LogP contribution >= 0.6 is 0 Å². The molecule has 2 aromatic rings. The number of carbonyl (C=O) groups is 1. The highest BCUT2D eigenvalue weighted by Crippen LogP contribution is 2.16. The molecular weight excluding hydrogens is 242 g/mol. The minimum atomic E-state index is -0.101. The van der Waals surface area contributed by atoms with E-state index in [1.165, 1.54) is 0 Å². The molecule has 0 saturated carbocycles. The fraction of sp³-hybridized carbons (Fsp3) is 0.462. The lowest BCUT2D eigenvalue weighted by Gasteiger charge is -2.05. The van der Waals surface area contributed by atoms with Crippen molar-refractivity contribution >= 4 is 16.9 Å². The zero-order valence-electron chi connectivity index (χ0n) is 11.5. The molecule has 0 fully saturated rings. The minimum absolute atomic E-state index is 0.101. The second-order valence-corrected chi connectivity index (χ2v) is 4.41. The van der Waals surface area contributed by atoms with Crippen molar-refractivity contribution in [3.63, 3.8) is 0 Å². The van der Waals surface area contributed by atoms with Gasteiger partial charge in [0.25, 0.3) is 5.91 Å². The van der Waals surface area contributed by atoms with Gasteiger partial charge in [-0.05, 0) is 19.5 Å². The van der Waals surface area contributed by atoms with E-state index in [9.17, 15) is 4.79 Å². The third kappa shape index (κ3) is 2.90. The molecule has 2 heterocycles. The summed E-state index contributed by atoms with van der Waals surface area (Å²) in [4.78, 5) is 16.3. The fourth-order valence-corrected chi connectivity index (χ4v) is 1.98. The minimum Gasteiger partial charge on any atom is -0.351 e. The van der Waals surface area contributed by atoms with Crippen LogP contribution in [0.3, 0.4) is 0 Å². The van der Waals surface area contributed by atoms with E-state index >= 15 is 0 Å². The number of pyridine rings is 1. The first-order valence-electron chi connectivity index (χ1n) is 6.41. The van der Waals surface area contributed by atoms with Crippen molar-refractivity contribution in [3.05, 3.63) is 23.5 Å². The quantitative estimate of drug-likeness (QED) is 0.774. The van der Waals surface area contributed by atoms with Crippen LogP contribution in [0, 0.1) is 6.92 Å². The van der Waals surface area contributed by atoms with Crippen molar-refractivity contribution in [2.75, 3.05) is 19.6 Å². The second kappa shape index (κ2) is 5.79. The highest BCUT2D eigenvalue weighted by molar-refractivity contribution is 5.97. The molecule has 2 aromatic heterocycles. The molecule has 0 spiro atoms. The summed E-state index contributed by atoms with van der Waals surface area (Å²) in [5, 5.41) is 11.2. The number of aromatic nitrogens is 3. The Morgan fingerprint density at radius 1 is 1.42 bits per heavy atom. The van der Waals surface area contributed by atoms with Crippen molar-refractivity contribution < 1.29 is 4.79 Å². The predicted octanol–water partition coefficient (Wildman–Crippen LogP) is 0.616. The van der Waals surface area contributed by atoms with Gasteiger partial charge in [0.1, 0.15) is 0 Å². The summed E-state index contributed by atoms with van der Waals surface area (Å²) in [5.74, 6) is -0.101. The van der Waals surface area contributed by atoms with E-state index in [1.54, 1.807) is 10.9 Å².